The van der Waals surface area contributed by atoms with Crippen molar-refractivity contribution >= 4 is 38.4 Å². The number of amidine groups is 1. The number of anilines is 1. The molecule has 2 unspecified atom stereocenters. The summed E-state index contributed by atoms with van der Waals surface area (Å²) >= 11 is 1.16. The fourth-order valence-corrected chi connectivity index (χ4v) is 6.68. The number of halogens is 2. The minimum atomic E-state index is -3.25. The molecule has 1 aromatic carbocycles. The Kier molecular flexibility index (Phi) is 4.43. The van der Waals surface area contributed by atoms with Crippen molar-refractivity contribution in [2.45, 2.75) is 32.1 Å². The van der Waals surface area contributed by atoms with Gasteiger partial charge in [-0.1, -0.05) is 32.5 Å². The van der Waals surface area contributed by atoms with E-state index in [-0.39, 0.29) is 33.5 Å². The number of nitrogens with zero attached hydrogens (tertiary/aromatic N) is 2. The van der Waals surface area contributed by atoms with E-state index in [1.807, 2.05) is 0 Å². The highest BCUT2D eigenvalue weighted by Crippen LogP contribution is 2.42. The second-order valence-corrected chi connectivity index (χ2v) is 10.6. The van der Waals surface area contributed by atoms with Gasteiger partial charge in [0.2, 0.25) is 0 Å². The fourth-order valence-electron chi connectivity index (χ4n) is 2.78. The Morgan fingerprint density at radius 1 is 1.28 bits per heavy atom. The van der Waals surface area contributed by atoms with Crippen LogP contribution in [0.1, 0.15) is 20.8 Å². The summed E-state index contributed by atoms with van der Waals surface area (Å²) in [4.78, 5) is 17.8. The molecule has 9 heteroatoms. The topological polar surface area (TPSA) is 66.8 Å². The molecule has 25 heavy (non-hydrogen) atoms. The maximum Gasteiger partial charge on any atom is 0.253 e. The van der Waals surface area contributed by atoms with Crippen LogP contribution in [0.15, 0.2) is 23.2 Å². The molecule has 0 spiro atoms. The number of carbonyl (C=O) groups is 1. The van der Waals surface area contributed by atoms with Gasteiger partial charge >= 0.3 is 0 Å². The predicted octanol–water partition coefficient (Wildman–Crippen LogP) is 2.61. The van der Waals surface area contributed by atoms with Gasteiger partial charge in [0, 0.05) is 16.7 Å². The summed E-state index contributed by atoms with van der Waals surface area (Å²) in [6.07, 6.45) is 0. The summed E-state index contributed by atoms with van der Waals surface area (Å²) < 4.78 is 51.5. The van der Waals surface area contributed by atoms with Crippen LogP contribution in [-0.4, -0.2) is 42.3 Å². The Morgan fingerprint density at radius 2 is 1.96 bits per heavy atom. The molecule has 2 atom stereocenters. The molecule has 0 aromatic heterocycles. The molecule has 3 rings (SSSR count). The molecule has 2 aliphatic heterocycles. The van der Waals surface area contributed by atoms with E-state index in [0.29, 0.717) is 0 Å². The highest BCUT2D eigenvalue weighted by Gasteiger charge is 2.50. The average Bonchev–Trinajstić information content (AvgIpc) is 2.90. The number of hydrogen-bond acceptors (Lipinski definition) is 4. The van der Waals surface area contributed by atoms with Gasteiger partial charge in [-0.25, -0.2) is 17.2 Å². The maximum absolute atomic E-state index is 14.3. The van der Waals surface area contributed by atoms with Gasteiger partial charge in [0.1, 0.15) is 11.6 Å². The molecule has 2 saturated heterocycles. The highest BCUT2D eigenvalue weighted by molar-refractivity contribution is 8.16. The molecule has 5 nitrogen and oxygen atoms in total. The molecule has 1 aromatic rings. The van der Waals surface area contributed by atoms with E-state index in [9.17, 15) is 22.0 Å². The number of sulfone groups is 1. The molecule has 2 heterocycles. The lowest BCUT2D eigenvalue weighted by Gasteiger charge is -2.25. The lowest BCUT2D eigenvalue weighted by molar-refractivity contribution is -0.124. The maximum atomic E-state index is 14.3. The quantitative estimate of drug-likeness (QED) is 0.740. The zero-order valence-electron chi connectivity index (χ0n) is 14.0. The van der Waals surface area contributed by atoms with Gasteiger partial charge in [-0.2, -0.15) is 4.99 Å². The first-order valence-corrected chi connectivity index (χ1v) is 10.4. The van der Waals surface area contributed by atoms with Crippen molar-refractivity contribution in [3.8, 4) is 0 Å². The molecule has 0 bridgehead atoms. The van der Waals surface area contributed by atoms with Crippen molar-refractivity contribution < 1.29 is 22.0 Å². The van der Waals surface area contributed by atoms with E-state index in [4.69, 9.17) is 0 Å². The molecule has 2 aliphatic rings. The third-order valence-electron chi connectivity index (χ3n) is 4.07. The summed E-state index contributed by atoms with van der Waals surface area (Å²) in [6.45, 7) is 5.15. The normalized spacial score (nSPS) is 26.9. The third-order valence-corrected chi connectivity index (χ3v) is 7.28. The summed E-state index contributed by atoms with van der Waals surface area (Å²) in [5, 5.41) is -0.0729. The molecule has 0 N–H and O–H groups in total. The molecular weight excluding hydrogens is 370 g/mol. The summed E-state index contributed by atoms with van der Waals surface area (Å²) in [5.74, 6) is -2.13. The van der Waals surface area contributed by atoms with Crippen molar-refractivity contribution in [3.05, 3.63) is 29.8 Å². The van der Waals surface area contributed by atoms with Crippen molar-refractivity contribution in [2.75, 3.05) is 16.4 Å². The first-order chi connectivity index (χ1) is 11.5. The number of thioether (sulfide) groups is 1. The van der Waals surface area contributed by atoms with Crippen LogP contribution >= 0.6 is 11.8 Å². The lowest BCUT2D eigenvalue weighted by atomic mass is 9.96. The first kappa shape index (κ1) is 18.3. The van der Waals surface area contributed by atoms with E-state index in [2.05, 4.69) is 4.99 Å². The van der Waals surface area contributed by atoms with Crippen LogP contribution in [0, 0.1) is 17.0 Å². The zero-order chi connectivity index (χ0) is 18.6. The number of rotatable bonds is 1. The van der Waals surface area contributed by atoms with Gasteiger partial charge in [-0.15, -0.1) is 0 Å². The van der Waals surface area contributed by atoms with Crippen LogP contribution in [0.4, 0.5) is 14.5 Å². The van der Waals surface area contributed by atoms with Crippen LogP contribution in [0.25, 0.3) is 0 Å². The summed E-state index contributed by atoms with van der Waals surface area (Å²) in [7, 11) is -3.25. The van der Waals surface area contributed by atoms with E-state index in [0.717, 1.165) is 23.9 Å². The Morgan fingerprint density at radius 3 is 2.56 bits per heavy atom. The molecule has 0 radical (unpaired) electrons. The predicted molar refractivity (Wildman–Crippen MR) is 94.6 cm³/mol. The van der Waals surface area contributed by atoms with Crippen LogP contribution < -0.4 is 4.90 Å². The van der Waals surface area contributed by atoms with Gasteiger partial charge in [0.15, 0.2) is 15.0 Å². The van der Waals surface area contributed by atoms with Gasteiger partial charge in [0.25, 0.3) is 5.91 Å². The van der Waals surface area contributed by atoms with Crippen LogP contribution in [0.3, 0.4) is 0 Å². The standard InChI is InChI=1S/C16H18F2N2O3S2/c1-16(2,3)14(21)19-15-20(11-5-4-9(17)6-10(11)18)12-7-25(22,23)8-13(12)24-15/h4-6,12-13H,7-8H2,1-3H3. The molecule has 2 fully saturated rings. The fraction of sp³-hybridized carbons (Fsp3) is 0.500. The zero-order valence-corrected chi connectivity index (χ0v) is 15.6. The summed E-state index contributed by atoms with van der Waals surface area (Å²) in [5.41, 5.74) is -0.691. The third kappa shape index (κ3) is 3.57. The van der Waals surface area contributed by atoms with Crippen molar-refractivity contribution in [1.82, 2.24) is 0 Å². The summed E-state index contributed by atoms with van der Waals surface area (Å²) in [6, 6.07) is 2.56. The van der Waals surface area contributed by atoms with Gasteiger partial charge in [-0.3, -0.25) is 4.79 Å². The lowest BCUT2D eigenvalue weighted by Crippen LogP contribution is -2.38. The van der Waals surface area contributed by atoms with E-state index >= 15 is 0 Å². The Balaban J connectivity index is 2.07. The number of aliphatic imine (C=N–C) groups is 1. The molecular formula is C16H18F2N2O3S2. The van der Waals surface area contributed by atoms with Gasteiger partial charge in [0.05, 0.1) is 23.2 Å². The highest BCUT2D eigenvalue weighted by atomic mass is 32.2. The van der Waals surface area contributed by atoms with E-state index < -0.39 is 32.9 Å². The number of amides is 1. The first-order valence-electron chi connectivity index (χ1n) is 7.72. The van der Waals surface area contributed by atoms with Crippen molar-refractivity contribution in [1.29, 1.82) is 0 Å². The molecule has 1 amide bonds. The molecule has 136 valence electrons. The number of fused-ring (bicyclic) bond motifs is 1. The molecule has 0 aliphatic carbocycles. The number of carbonyl (C=O) groups excluding carboxylic acids is 1. The minimum Gasteiger partial charge on any atom is -0.313 e. The van der Waals surface area contributed by atoms with Crippen LogP contribution in [0.2, 0.25) is 0 Å². The van der Waals surface area contributed by atoms with Crippen molar-refractivity contribution in [2.24, 2.45) is 10.4 Å². The number of hydrogen-bond donors (Lipinski definition) is 0. The number of benzene rings is 1. The van der Waals surface area contributed by atoms with E-state index in [1.54, 1.807) is 20.8 Å². The van der Waals surface area contributed by atoms with E-state index in [1.165, 1.54) is 11.0 Å². The van der Waals surface area contributed by atoms with Crippen LogP contribution in [0.5, 0.6) is 0 Å². The molecule has 0 saturated carbocycles. The Labute approximate surface area is 149 Å². The SMILES string of the molecule is CC(C)(C)C(=O)N=C1SC2CS(=O)(=O)CC2N1c1ccc(F)cc1F. The van der Waals surface area contributed by atoms with Crippen molar-refractivity contribution in [3.63, 3.8) is 0 Å². The minimum absolute atomic E-state index is 0.0268. The smallest absolute Gasteiger partial charge is 0.253 e. The average molecular weight is 388 g/mol. The largest absolute Gasteiger partial charge is 0.313 e. The Hall–Kier alpha value is -1.48. The Bertz CT molecular complexity index is 863. The second-order valence-electron chi connectivity index (χ2n) is 7.22. The second kappa shape index (κ2) is 6.05. The van der Waals surface area contributed by atoms with Gasteiger partial charge < -0.3 is 4.90 Å². The monoisotopic (exact) mass is 388 g/mol. The van der Waals surface area contributed by atoms with Crippen LogP contribution in [-0.2, 0) is 14.6 Å². The van der Waals surface area contributed by atoms with Gasteiger partial charge in [-0.05, 0) is 12.1 Å².